The third-order valence-electron chi connectivity index (χ3n) is 2.77. The van der Waals surface area contributed by atoms with Crippen molar-refractivity contribution in [2.75, 3.05) is 0 Å². The summed E-state index contributed by atoms with van der Waals surface area (Å²) in [5.74, 6) is -4.47. The molecule has 1 rings (SSSR count). The summed E-state index contributed by atoms with van der Waals surface area (Å²) in [7, 11) is 0. The van der Waals surface area contributed by atoms with Crippen molar-refractivity contribution in [1.29, 1.82) is 0 Å². The Balaban J connectivity index is 2.83. The van der Waals surface area contributed by atoms with Gasteiger partial charge in [0.25, 0.3) is 0 Å². The maximum Gasteiger partial charge on any atom is 0.373 e. The highest BCUT2D eigenvalue weighted by Crippen LogP contribution is 2.59. The van der Waals surface area contributed by atoms with E-state index in [1.165, 1.54) is 0 Å². The SMILES string of the molecule is CC1(C)[C@H](C(=O)O)[C@@H]1/C=C(\F)C(F)(F)Cl. The van der Waals surface area contributed by atoms with E-state index < -0.39 is 34.4 Å². The van der Waals surface area contributed by atoms with Crippen LogP contribution in [0.4, 0.5) is 13.2 Å². The molecular formula is C9H10ClF3O2. The van der Waals surface area contributed by atoms with E-state index in [0.29, 0.717) is 6.08 Å². The quantitative estimate of drug-likeness (QED) is 0.773. The Labute approximate surface area is 89.7 Å². The Hall–Kier alpha value is -0.710. The molecule has 0 spiro atoms. The van der Waals surface area contributed by atoms with Crippen LogP contribution in [0.1, 0.15) is 13.8 Å². The first-order valence-electron chi connectivity index (χ1n) is 4.26. The lowest BCUT2D eigenvalue weighted by Gasteiger charge is -2.04. The average molecular weight is 243 g/mol. The highest BCUT2D eigenvalue weighted by atomic mass is 35.5. The predicted octanol–water partition coefficient (Wildman–Crippen LogP) is 3.03. The number of carbonyl (C=O) groups is 1. The molecule has 1 saturated carbocycles. The molecule has 1 fully saturated rings. The molecule has 0 saturated heterocycles. The minimum Gasteiger partial charge on any atom is -0.481 e. The van der Waals surface area contributed by atoms with Gasteiger partial charge in [0.1, 0.15) is 0 Å². The van der Waals surface area contributed by atoms with Crippen molar-refractivity contribution in [2.24, 2.45) is 17.3 Å². The monoisotopic (exact) mass is 242 g/mol. The number of hydrogen-bond donors (Lipinski definition) is 1. The molecule has 1 N–H and O–H groups in total. The Morgan fingerprint density at radius 2 is 2.00 bits per heavy atom. The smallest absolute Gasteiger partial charge is 0.373 e. The number of halogens is 4. The Bertz CT molecular complexity index is 320. The number of hydrogen-bond acceptors (Lipinski definition) is 1. The van der Waals surface area contributed by atoms with Crippen molar-refractivity contribution in [2.45, 2.75) is 19.2 Å². The predicted molar refractivity (Wildman–Crippen MR) is 48.4 cm³/mol. The number of carboxylic acids is 1. The van der Waals surface area contributed by atoms with Gasteiger partial charge in [-0.15, -0.1) is 0 Å². The van der Waals surface area contributed by atoms with Crippen LogP contribution in [-0.2, 0) is 4.79 Å². The summed E-state index contributed by atoms with van der Waals surface area (Å²) in [6, 6.07) is 0. The van der Waals surface area contributed by atoms with Crippen LogP contribution in [0, 0.1) is 17.3 Å². The van der Waals surface area contributed by atoms with Crippen molar-refractivity contribution in [1.82, 2.24) is 0 Å². The van der Waals surface area contributed by atoms with Crippen LogP contribution >= 0.6 is 11.6 Å². The van der Waals surface area contributed by atoms with Gasteiger partial charge in [0.2, 0.25) is 0 Å². The largest absolute Gasteiger partial charge is 0.481 e. The molecule has 1 aliphatic rings. The first-order chi connectivity index (χ1) is 6.58. The third kappa shape index (κ3) is 2.27. The number of carboxylic acid groups (broad SMARTS) is 1. The summed E-state index contributed by atoms with van der Waals surface area (Å²) in [6.07, 6.45) is 0.603. The van der Waals surface area contributed by atoms with Gasteiger partial charge in [-0.05, 0) is 29.0 Å². The first-order valence-corrected chi connectivity index (χ1v) is 4.63. The van der Waals surface area contributed by atoms with E-state index in [-0.39, 0.29) is 0 Å². The van der Waals surface area contributed by atoms with E-state index in [1.54, 1.807) is 13.8 Å². The van der Waals surface area contributed by atoms with Crippen molar-refractivity contribution < 1.29 is 23.1 Å². The molecule has 6 heteroatoms. The third-order valence-corrected chi connectivity index (χ3v) is 2.95. The summed E-state index contributed by atoms with van der Waals surface area (Å²) in [6.45, 7) is 3.15. The lowest BCUT2D eigenvalue weighted by molar-refractivity contribution is -0.139. The molecule has 2 nitrogen and oxygen atoms in total. The summed E-state index contributed by atoms with van der Waals surface area (Å²) < 4.78 is 37.3. The van der Waals surface area contributed by atoms with Gasteiger partial charge in [-0.2, -0.15) is 8.78 Å². The van der Waals surface area contributed by atoms with Crippen molar-refractivity contribution in [3.8, 4) is 0 Å². The van der Waals surface area contributed by atoms with Crippen LogP contribution in [0.2, 0.25) is 0 Å². The fraction of sp³-hybridized carbons (Fsp3) is 0.667. The van der Waals surface area contributed by atoms with E-state index >= 15 is 0 Å². The molecule has 2 atom stereocenters. The van der Waals surface area contributed by atoms with Gasteiger partial charge in [0.05, 0.1) is 5.92 Å². The van der Waals surface area contributed by atoms with Gasteiger partial charge in [0.15, 0.2) is 5.83 Å². The molecule has 0 amide bonds. The molecule has 15 heavy (non-hydrogen) atoms. The maximum absolute atomic E-state index is 12.8. The zero-order valence-electron chi connectivity index (χ0n) is 8.10. The van der Waals surface area contributed by atoms with Crippen LogP contribution in [-0.4, -0.2) is 16.5 Å². The lowest BCUT2D eigenvalue weighted by Crippen LogP contribution is -2.07. The molecule has 86 valence electrons. The summed E-state index contributed by atoms with van der Waals surface area (Å²) in [4.78, 5) is 10.6. The van der Waals surface area contributed by atoms with E-state index in [0.717, 1.165) is 0 Å². The molecule has 0 unspecified atom stereocenters. The molecule has 0 aromatic heterocycles. The van der Waals surface area contributed by atoms with E-state index in [4.69, 9.17) is 5.11 Å². The lowest BCUT2D eigenvalue weighted by atomic mass is 10.1. The van der Waals surface area contributed by atoms with Gasteiger partial charge in [-0.3, -0.25) is 4.79 Å². The Kier molecular flexibility index (Phi) is 2.80. The zero-order valence-corrected chi connectivity index (χ0v) is 8.86. The van der Waals surface area contributed by atoms with Gasteiger partial charge in [-0.1, -0.05) is 13.8 Å². The van der Waals surface area contributed by atoms with Crippen LogP contribution in [0.25, 0.3) is 0 Å². The van der Waals surface area contributed by atoms with E-state index in [9.17, 15) is 18.0 Å². The Morgan fingerprint density at radius 3 is 2.27 bits per heavy atom. The molecule has 0 heterocycles. The molecule has 0 aliphatic heterocycles. The second kappa shape index (κ2) is 3.40. The number of alkyl halides is 3. The highest BCUT2D eigenvalue weighted by Gasteiger charge is 2.61. The van der Waals surface area contributed by atoms with Gasteiger partial charge in [0, 0.05) is 0 Å². The number of allylic oxidation sites excluding steroid dienone is 2. The molecule has 0 bridgehead atoms. The normalized spacial score (nSPS) is 30.1. The fourth-order valence-electron chi connectivity index (χ4n) is 1.71. The highest BCUT2D eigenvalue weighted by molar-refractivity contribution is 6.23. The Morgan fingerprint density at radius 1 is 1.53 bits per heavy atom. The summed E-state index contributed by atoms with van der Waals surface area (Å²) >= 11 is 4.45. The van der Waals surface area contributed by atoms with Crippen molar-refractivity contribution in [3.05, 3.63) is 11.9 Å². The van der Waals surface area contributed by atoms with Crippen LogP contribution in [0.15, 0.2) is 11.9 Å². The van der Waals surface area contributed by atoms with Crippen LogP contribution in [0.5, 0.6) is 0 Å². The summed E-state index contributed by atoms with van der Waals surface area (Å²) in [5, 5.41) is 4.65. The van der Waals surface area contributed by atoms with Crippen LogP contribution < -0.4 is 0 Å². The molecule has 0 aromatic rings. The summed E-state index contributed by atoms with van der Waals surface area (Å²) in [5.41, 5.74) is -0.703. The van der Waals surface area contributed by atoms with Gasteiger partial charge in [-0.25, -0.2) is 4.39 Å². The van der Waals surface area contributed by atoms with Gasteiger partial charge >= 0.3 is 11.4 Å². The van der Waals surface area contributed by atoms with E-state index in [1.807, 2.05) is 0 Å². The first kappa shape index (κ1) is 12.4. The molecule has 0 aromatic carbocycles. The average Bonchev–Trinajstić information content (AvgIpc) is 2.50. The fourth-order valence-corrected chi connectivity index (χ4v) is 1.78. The topological polar surface area (TPSA) is 37.3 Å². The zero-order chi connectivity index (χ0) is 12.0. The minimum atomic E-state index is -4.05. The van der Waals surface area contributed by atoms with Crippen molar-refractivity contribution >= 4 is 17.6 Å². The van der Waals surface area contributed by atoms with Crippen LogP contribution in [0.3, 0.4) is 0 Å². The second-order valence-corrected chi connectivity index (χ2v) is 4.65. The number of aliphatic carboxylic acids is 1. The van der Waals surface area contributed by atoms with Crippen molar-refractivity contribution in [3.63, 3.8) is 0 Å². The molecular weight excluding hydrogens is 233 g/mol. The maximum atomic E-state index is 12.8. The van der Waals surface area contributed by atoms with E-state index in [2.05, 4.69) is 11.6 Å². The molecule has 0 radical (unpaired) electrons. The number of rotatable bonds is 3. The second-order valence-electron chi connectivity index (χ2n) is 4.18. The standard InChI is InChI=1S/C9H10ClF3O2/c1-8(2)4(6(8)7(14)15)3-5(11)9(10,12)13/h3-4,6H,1-2H3,(H,14,15)/b5-3-/t4-,6-/m0/s1. The molecule has 1 aliphatic carbocycles. The van der Waals surface area contributed by atoms with Gasteiger partial charge < -0.3 is 5.11 Å². The minimum absolute atomic E-state index is 0.603.